The molecule has 1 saturated heterocycles. The van der Waals surface area contributed by atoms with Gasteiger partial charge >= 0.3 is 0 Å². The number of hydrogen-bond donors (Lipinski definition) is 1. The summed E-state index contributed by atoms with van der Waals surface area (Å²) < 4.78 is 14.7. The molecule has 3 heterocycles. The maximum atomic E-state index is 13.1. The number of carbonyl (C=O) groups is 1. The number of benzene rings is 1. The fraction of sp³-hybridized carbons (Fsp3) is 0.353. The first-order chi connectivity index (χ1) is 12.5. The molecule has 1 aliphatic heterocycles. The van der Waals surface area contributed by atoms with Crippen LogP contribution in [-0.4, -0.2) is 48.4 Å². The Morgan fingerprint density at radius 1 is 1.35 bits per heavy atom. The van der Waals surface area contributed by atoms with Crippen LogP contribution in [0.4, 0.5) is 4.39 Å². The lowest BCUT2D eigenvalue weighted by molar-refractivity contribution is 0.0722. The molecule has 2 aromatic heterocycles. The summed E-state index contributed by atoms with van der Waals surface area (Å²) in [5.41, 5.74) is 0.717. The molecule has 134 valence electrons. The van der Waals surface area contributed by atoms with Gasteiger partial charge in [0.2, 0.25) is 0 Å². The molecule has 1 amide bonds. The van der Waals surface area contributed by atoms with E-state index < -0.39 is 0 Å². The number of carbonyl (C=O) groups excluding carboxylic acids is 1. The number of nitrogens with one attached hydrogen (secondary N) is 1. The monoisotopic (exact) mass is 356 g/mol. The summed E-state index contributed by atoms with van der Waals surface area (Å²) in [6.07, 6.45) is 1.69. The number of aromatic nitrogens is 5. The zero-order valence-corrected chi connectivity index (χ0v) is 14.1. The van der Waals surface area contributed by atoms with Gasteiger partial charge in [-0.15, -0.1) is 5.10 Å². The number of aromatic amines is 1. The number of rotatable bonds is 3. The molecule has 1 atom stereocenters. The van der Waals surface area contributed by atoms with Crippen molar-refractivity contribution in [3.05, 3.63) is 51.8 Å². The van der Waals surface area contributed by atoms with E-state index in [1.54, 1.807) is 16.5 Å². The highest BCUT2D eigenvalue weighted by Crippen LogP contribution is 2.22. The van der Waals surface area contributed by atoms with Gasteiger partial charge in [-0.1, -0.05) is 5.21 Å². The van der Waals surface area contributed by atoms with Gasteiger partial charge in [0, 0.05) is 12.1 Å². The Kier molecular flexibility index (Phi) is 3.98. The fourth-order valence-electron chi connectivity index (χ4n) is 3.35. The number of hydrogen-bond acceptors (Lipinski definition) is 5. The molecule has 0 bridgehead atoms. The summed E-state index contributed by atoms with van der Waals surface area (Å²) in [7, 11) is 0. The topological polar surface area (TPSA) is 96.8 Å². The van der Waals surface area contributed by atoms with Crippen LogP contribution in [0.15, 0.2) is 29.1 Å². The largest absolute Gasteiger partial charge is 0.334 e. The molecule has 1 fully saturated rings. The predicted octanol–water partition coefficient (Wildman–Crippen LogP) is 1.27. The van der Waals surface area contributed by atoms with Crippen molar-refractivity contribution in [1.29, 1.82) is 0 Å². The first-order valence-corrected chi connectivity index (χ1v) is 8.39. The van der Waals surface area contributed by atoms with E-state index in [1.807, 2.05) is 0 Å². The van der Waals surface area contributed by atoms with Crippen LogP contribution in [-0.2, 0) is 6.54 Å². The van der Waals surface area contributed by atoms with E-state index in [9.17, 15) is 14.0 Å². The smallest absolute Gasteiger partial charge is 0.281 e. The standard InChI is InChI=1S/C17H17FN6O2/c1-10-19-15-14(16(25)20-10)21-22-24(15)9-13-3-2-8-23(13)17(26)11-4-6-12(18)7-5-11/h4-7,13H,2-3,8-9H2,1H3,(H,19,20,25)/t13-/m1/s1. The first kappa shape index (κ1) is 16.4. The molecule has 1 aromatic carbocycles. The number of nitrogens with zero attached hydrogens (tertiary/aromatic N) is 5. The number of aryl methyl sites for hydroxylation is 1. The minimum absolute atomic E-state index is 0.0844. The van der Waals surface area contributed by atoms with E-state index in [0.717, 1.165) is 12.8 Å². The van der Waals surface area contributed by atoms with E-state index in [0.29, 0.717) is 30.1 Å². The van der Waals surface area contributed by atoms with Crippen molar-refractivity contribution >= 4 is 17.1 Å². The molecule has 8 nitrogen and oxygen atoms in total. The quantitative estimate of drug-likeness (QED) is 0.762. The van der Waals surface area contributed by atoms with Crippen LogP contribution in [0.1, 0.15) is 29.0 Å². The summed E-state index contributed by atoms with van der Waals surface area (Å²) in [6.45, 7) is 2.72. The van der Waals surface area contributed by atoms with Crippen LogP contribution in [0.25, 0.3) is 11.2 Å². The Labute approximate surface area is 147 Å². The number of halogens is 1. The summed E-state index contributed by atoms with van der Waals surface area (Å²) >= 11 is 0. The molecule has 0 unspecified atom stereocenters. The average molecular weight is 356 g/mol. The van der Waals surface area contributed by atoms with Gasteiger partial charge in [-0.3, -0.25) is 9.59 Å². The Balaban J connectivity index is 1.61. The number of fused-ring (bicyclic) bond motifs is 1. The molecule has 3 aromatic rings. The van der Waals surface area contributed by atoms with Crippen LogP contribution >= 0.6 is 0 Å². The van der Waals surface area contributed by atoms with Crippen LogP contribution < -0.4 is 5.56 Å². The van der Waals surface area contributed by atoms with Crippen molar-refractivity contribution < 1.29 is 9.18 Å². The highest BCUT2D eigenvalue weighted by Gasteiger charge is 2.30. The Bertz CT molecular complexity index is 1030. The molecule has 9 heteroatoms. The van der Waals surface area contributed by atoms with Crippen molar-refractivity contribution in [1.82, 2.24) is 29.9 Å². The molecular formula is C17H17FN6O2. The third-order valence-electron chi connectivity index (χ3n) is 4.60. The maximum Gasteiger partial charge on any atom is 0.281 e. The SMILES string of the molecule is Cc1nc2c(nnn2C[C@H]2CCCN2C(=O)c2ccc(F)cc2)c(=O)[nH]1. The minimum atomic E-state index is -0.375. The Morgan fingerprint density at radius 3 is 2.88 bits per heavy atom. The third-order valence-corrected chi connectivity index (χ3v) is 4.60. The molecule has 1 aliphatic rings. The number of H-pyrrole nitrogens is 1. The van der Waals surface area contributed by atoms with Gasteiger partial charge in [0.25, 0.3) is 11.5 Å². The molecule has 0 radical (unpaired) electrons. The summed E-state index contributed by atoms with van der Waals surface area (Å²) in [5, 5.41) is 7.94. The second kappa shape index (κ2) is 6.32. The van der Waals surface area contributed by atoms with E-state index in [-0.39, 0.29) is 28.8 Å². The summed E-state index contributed by atoms with van der Waals surface area (Å²) in [4.78, 5) is 33.4. The van der Waals surface area contributed by atoms with Gasteiger partial charge in [-0.05, 0) is 44.0 Å². The molecule has 0 aliphatic carbocycles. The molecule has 4 rings (SSSR count). The van der Waals surface area contributed by atoms with Crippen molar-refractivity contribution in [3.63, 3.8) is 0 Å². The van der Waals surface area contributed by atoms with Crippen LogP contribution in [0.2, 0.25) is 0 Å². The lowest BCUT2D eigenvalue weighted by Gasteiger charge is -2.24. The van der Waals surface area contributed by atoms with Gasteiger partial charge in [0.1, 0.15) is 11.6 Å². The highest BCUT2D eigenvalue weighted by molar-refractivity contribution is 5.94. The van der Waals surface area contributed by atoms with Gasteiger partial charge in [-0.25, -0.2) is 14.1 Å². The normalized spacial score (nSPS) is 17.2. The van der Waals surface area contributed by atoms with Gasteiger partial charge in [0.05, 0.1) is 12.6 Å². The first-order valence-electron chi connectivity index (χ1n) is 8.39. The minimum Gasteiger partial charge on any atom is -0.334 e. The molecular weight excluding hydrogens is 339 g/mol. The Hall–Kier alpha value is -3.10. The van der Waals surface area contributed by atoms with Crippen LogP contribution in [0.5, 0.6) is 0 Å². The highest BCUT2D eigenvalue weighted by atomic mass is 19.1. The fourth-order valence-corrected chi connectivity index (χ4v) is 3.35. The number of amides is 1. The number of likely N-dealkylation sites (tertiary alicyclic amines) is 1. The van der Waals surface area contributed by atoms with Crippen molar-refractivity contribution in [2.24, 2.45) is 0 Å². The summed E-state index contributed by atoms with van der Waals surface area (Å²) in [6, 6.07) is 5.45. The predicted molar refractivity (Wildman–Crippen MR) is 91.1 cm³/mol. The molecule has 1 N–H and O–H groups in total. The van der Waals surface area contributed by atoms with Gasteiger partial charge in [0.15, 0.2) is 11.2 Å². The summed E-state index contributed by atoms with van der Waals surface area (Å²) in [5.74, 6) is -0.0316. The van der Waals surface area contributed by atoms with Crippen LogP contribution in [0.3, 0.4) is 0 Å². The van der Waals surface area contributed by atoms with Gasteiger partial charge < -0.3 is 9.88 Å². The average Bonchev–Trinajstić information content (AvgIpc) is 3.23. The zero-order valence-electron chi connectivity index (χ0n) is 14.1. The van der Waals surface area contributed by atoms with Crippen molar-refractivity contribution in [3.8, 4) is 0 Å². The molecule has 26 heavy (non-hydrogen) atoms. The second-order valence-electron chi connectivity index (χ2n) is 6.40. The second-order valence-corrected chi connectivity index (χ2v) is 6.40. The van der Waals surface area contributed by atoms with E-state index in [1.165, 1.54) is 24.3 Å². The van der Waals surface area contributed by atoms with Crippen molar-refractivity contribution in [2.75, 3.05) is 6.54 Å². The molecule has 0 spiro atoms. The van der Waals surface area contributed by atoms with E-state index in [2.05, 4.69) is 20.3 Å². The maximum absolute atomic E-state index is 13.1. The zero-order chi connectivity index (χ0) is 18.3. The van der Waals surface area contributed by atoms with Gasteiger partial charge in [-0.2, -0.15) is 0 Å². The van der Waals surface area contributed by atoms with E-state index in [4.69, 9.17) is 0 Å². The lowest BCUT2D eigenvalue weighted by atomic mass is 10.1. The van der Waals surface area contributed by atoms with Crippen LogP contribution in [0, 0.1) is 12.7 Å². The lowest BCUT2D eigenvalue weighted by Crippen LogP contribution is -2.38. The third kappa shape index (κ3) is 2.85. The molecule has 0 saturated carbocycles. The van der Waals surface area contributed by atoms with E-state index >= 15 is 0 Å². The van der Waals surface area contributed by atoms with Crippen molar-refractivity contribution in [2.45, 2.75) is 32.4 Å². The Morgan fingerprint density at radius 2 is 2.12 bits per heavy atom.